The summed E-state index contributed by atoms with van der Waals surface area (Å²) in [5.41, 5.74) is -0.349. The number of aromatic nitrogens is 3. The third kappa shape index (κ3) is 5.24. The summed E-state index contributed by atoms with van der Waals surface area (Å²) in [6.45, 7) is 3.93. The van der Waals surface area contributed by atoms with Crippen molar-refractivity contribution >= 4 is 5.91 Å². The maximum absolute atomic E-state index is 12.8. The molecular formula is C19H23F3N4O3. The fourth-order valence-corrected chi connectivity index (χ4v) is 3.13. The highest BCUT2D eigenvalue weighted by atomic mass is 19.4. The molecule has 0 saturated heterocycles. The molecule has 1 aliphatic rings. The Hall–Kier alpha value is -2.65. The van der Waals surface area contributed by atoms with E-state index in [0.29, 0.717) is 23.7 Å². The van der Waals surface area contributed by atoms with Crippen LogP contribution in [0.1, 0.15) is 73.2 Å². The van der Waals surface area contributed by atoms with Gasteiger partial charge in [0, 0.05) is 24.8 Å². The fraction of sp³-hybridized carbons (Fsp3) is 0.579. The molecule has 1 N–H and O–H groups in total. The Morgan fingerprint density at radius 2 is 2.10 bits per heavy atom. The summed E-state index contributed by atoms with van der Waals surface area (Å²) in [6.07, 6.45) is -0.0486. The largest absolute Gasteiger partial charge is 0.484 e. The molecule has 0 aliphatic heterocycles. The minimum atomic E-state index is -4.47. The summed E-state index contributed by atoms with van der Waals surface area (Å²) in [7, 11) is 0. The molecule has 0 aromatic carbocycles. The van der Waals surface area contributed by atoms with E-state index >= 15 is 0 Å². The van der Waals surface area contributed by atoms with Crippen molar-refractivity contribution in [1.82, 2.24) is 20.4 Å². The summed E-state index contributed by atoms with van der Waals surface area (Å²) in [5.74, 6) is 0.301. The van der Waals surface area contributed by atoms with Crippen molar-refractivity contribution in [3.63, 3.8) is 0 Å². The van der Waals surface area contributed by atoms with Crippen molar-refractivity contribution in [2.75, 3.05) is 6.61 Å². The topological polar surface area (TPSA) is 90.1 Å². The molecule has 2 heterocycles. The lowest BCUT2D eigenvalue weighted by Crippen LogP contribution is -2.44. The van der Waals surface area contributed by atoms with E-state index in [2.05, 4.69) is 20.4 Å². The Bertz CT molecular complexity index is 880. The van der Waals surface area contributed by atoms with Gasteiger partial charge in [-0.3, -0.25) is 9.78 Å². The molecule has 2 aromatic heterocycles. The lowest BCUT2D eigenvalue weighted by Gasteiger charge is -2.27. The van der Waals surface area contributed by atoms with Crippen molar-refractivity contribution < 1.29 is 27.2 Å². The summed E-state index contributed by atoms with van der Waals surface area (Å²) in [5, 5.41) is 6.74. The Kier molecular flexibility index (Phi) is 5.81. The first-order valence-corrected chi connectivity index (χ1v) is 9.44. The summed E-state index contributed by atoms with van der Waals surface area (Å²) in [6, 6.07) is 1.27. The lowest BCUT2D eigenvalue weighted by molar-refractivity contribution is -0.153. The fourth-order valence-electron chi connectivity index (χ4n) is 3.13. The molecule has 10 heteroatoms. The Balaban J connectivity index is 1.83. The number of aryl methyl sites for hydroxylation is 1. The van der Waals surface area contributed by atoms with Crippen LogP contribution in [0, 0.1) is 6.92 Å². The van der Waals surface area contributed by atoms with Gasteiger partial charge in [-0.15, -0.1) is 0 Å². The Labute approximate surface area is 166 Å². The van der Waals surface area contributed by atoms with E-state index in [-0.39, 0.29) is 17.4 Å². The minimum absolute atomic E-state index is 0.0332. The van der Waals surface area contributed by atoms with Crippen molar-refractivity contribution in [3.05, 3.63) is 35.2 Å². The molecule has 158 valence electrons. The van der Waals surface area contributed by atoms with Gasteiger partial charge in [0.05, 0.1) is 0 Å². The van der Waals surface area contributed by atoms with Gasteiger partial charge in [0.1, 0.15) is 17.0 Å². The number of carbonyl (C=O) groups excluding carboxylic acids is 1. The molecule has 1 amide bonds. The van der Waals surface area contributed by atoms with E-state index in [0.717, 1.165) is 19.3 Å². The quantitative estimate of drug-likeness (QED) is 0.704. The Morgan fingerprint density at radius 1 is 1.38 bits per heavy atom. The van der Waals surface area contributed by atoms with Gasteiger partial charge in [-0.2, -0.15) is 18.2 Å². The number of hydrogen-bond donors (Lipinski definition) is 1. The second-order valence-electron chi connectivity index (χ2n) is 7.46. The number of ether oxygens (including phenoxy) is 1. The van der Waals surface area contributed by atoms with E-state index in [1.165, 1.54) is 12.3 Å². The molecule has 1 saturated carbocycles. The molecule has 7 nitrogen and oxygen atoms in total. The maximum Gasteiger partial charge on any atom is 0.422 e. The van der Waals surface area contributed by atoms with Crippen molar-refractivity contribution in [1.29, 1.82) is 0 Å². The number of hydrogen-bond acceptors (Lipinski definition) is 6. The smallest absolute Gasteiger partial charge is 0.422 e. The van der Waals surface area contributed by atoms with Gasteiger partial charge in [-0.1, -0.05) is 18.5 Å². The molecule has 1 unspecified atom stereocenters. The van der Waals surface area contributed by atoms with Crippen LogP contribution in [0.2, 0.25) is 0 Å². The second kappa shape index (κ2) is 8.00. The first-order chi connectivity index (χ1) is 13.6. The van der Waals surface area contributed by atoms with Crippen LogP contribution < -0.4 is 10.1 Å². The molecule has 3 rings (SSSR count). The summed E-state index contributed by atoms with van der Waals surface area (Å²) < 4.78 is 47.8. The van der Waals surface area contributed by atoms with Gasteiger partial charge < -0.3 is 14.6 Å². The molecule has 29 heavy (non-hydrogen) atoms. The molecule has 2 aromatic rings. The number of pyridine rings is 1. The Morgan fingerprint density at radius 3 is 2.66 bits per heavy atom. The molecule has 1 aliphatic carbocycles. The number of nitrogens with one attached hydrogen (secondary N) is 1. The number of amides is 1. The van der Waals surface area contributed by atoms with Crippen LogP contribution in [0.25, 0.3) is 0 Å². The number of halogens is 3. The monoisotopic (exact) mass is 412 g/mol. The summed E-state index contributed by atoms with van der Waals surface area (Å²) >= 11 is 0. The third-order valence-electron chi connectivity index (χ3n) is 4.70. The van der Waals surface area contributed by atoms with Gasteiger partial charge in [0.25, 0.3) is 5.91 Å². The number of carbonyl (C=O) groups is 1. The average molecular weight is 412 g/mol. The van der Waals surface area contributed by atoms with E-state index in [9.17, 15) is 18.0 Å². The normalized spacial score (nSPS) is 16.3. The molecule has 0 spiro atoms. The predicted molar refractivity (Wildman–Crippen MR) is 96.5 cm³/mol. The number of nitrogens with zero attached hydrogens (tertiary/aromatic N) is 3. The van der Waals surface area contributed by atoms with Gasteiger partial charge in [-0.05, 0) is 32.1 Å². The van der Waals surface area contributed by atoms with Crippen LogP contribution in [-0.4, -0.2) is 33.8 Å². The highest BCUT2D eigenvalue weighted by molar-refractivity contribution is 5.93. The first kappa shape index (κ1) is 21.1. The van der Waals surface area contributed by atoms with E-state index in [1.54, 1.807) is 13.8 Å². The SMILES string of the molecule is CCCC(C)(NC(=O)c1cc(OCC(F)(F)F)c(C2CC2)cn1)c1noc(C)n1. The van der Waals surface area contributed by atoms with Gasteiger partial charge in [-0.25, -0.2) is 0 Å². The molecule has 1 fully saturated rings. The average Bonchev–Trinajstić information content (AvgIpc) is 3.39. The maximum atomic E-state index is 12.8. The minimum Gasteiger partial charge on any atom is -0.484 e. The number of rotatable bonds is 8. The molecular weight excluding hydrogens is 389 g/mol. The van der Waals surface area contributed by atoms with Gasteiger partial charge in [0.15, 0.2) is 12.4 Å². The van der Waals surface area contributed by atoms with Crippen molar-refractivity contribution in [3.8, 4) is 5.75 Å². The van der Waals surface area contributed by atoms with E-state index < -0.39 is 24.2 Å². The van der Waals surface area contributed by atoms with E-state index in [4.69, 9.17) is 9.26 Å². The van der Waals surface area contributed by atoms with Crippen molar-refractivity contribution in [2.45, 2.75) is 64.1 Å². The standard InChI is InChI=1S/C19H23F3N4O3/c1-4-7-18(3,17-24-11(2)29-26-17)25-16(27)14-8-15(28-10-19(20,21)22)13(9-23-14)12-5-6-12/h8-9,12H,4-7,10H2,1-3H3,(H,25,27). The third-order valence-corrected chi connectivity index (χ3v) is 4.70. The predicted octanol–water partition coefficient (Wildman–Crippen LogP) is 4.04. The zero-order valence-electron chi connectivity index (χ0n) is 16.5. The zero-order valence-corrected chi connectivity index (χ0v) is 16.5. The van der Waals surface area contributed by atoms with Crippen LogP contribution in [0.5, 0.6) is 5.75 Å². The highest BCUT2D eigenvalue weighted by Gasteiger charge is 2.35. The van der Waals surface area contributed by atoms with Crippen LogP contribution in [0.15, 0.2) is 16.8 Å². The van der Waals surface area contributed by atoms with E-state index in [1.807, 2.05) is 6.92 Å². The van der Waals surface area contributed by atoms with Gasteiger partial charge in [0.2, 0.25) is 5.89 Å². The van der Waals surface area contributed by atoms with Crippen LogP contribution in [-0.2, 0) is 5.54 Å². The van der Waals surface area contributed by atoms with Crippen molar-refractivity contribution in [2.24, 2.45) is 0 Å². The molecule has 0 bridgehead atoms. The van der Waals surface area contributed by atoms with Gasteiger partial charge >= 0.3 is 6.18 Å². The highest BCUT2D eigenvalue weighted by Crippen LogP contribution is 2.44. The summed E-state index contributed by atoms with van der Waals surface area (Å²) in [4.78, 5) is 21.2. The van der Waals surface area contributed by atoms with Crippen LogP contribution in [0.4, 0.5) is 13.2 Å². The zero-order chi connectivity index (χ0) is 21.2. The first-order valence-electron chi connectivity index (χ1n) is 9.44. The van der Waals surface area contributed by atoms with Crippen LogP contribution in [0.3, 0.4) is 0 Å². The lowest BCUT2D eigenvalue weighted by atomic mass is 9.95. The molecule has 0 radical (unpaired) electrons. The van der Waals surface area contributed by atoms with Crippen LogP contribution >= 0.6 is 0 Å². The number of alkyl halides is 3. The molecule has 1 atom stereocenters. The second-order valence-corrected chi connectivity index (χ2v) is 7.46.